The molecule has 6 heteroatoms. The molecular weight excluding hydrogens is 248 g/mol. The van der Waals surface area contributed by atoms with Gasteiger partial charge in [-0.05, 0) is 19.1 Å². The van der Waals surface area contributed by atoms with E-state index in [0.29, 0.717) is 12.0 Å². The Bertz CT molecular complexity index is 379. The standard InChI is InChI=1S/C12H20N4OS/c1-13-10-6-11(16-12(15-10)18-2)14-9-5-3-4-8(9)7-17/h6,8-9,17H,3-5,7H2,1-2H3,(H2,13,14,15,16). The summed E-state index contributed by atoms with van der Waals surface area (Å²) in [4.78, 5) is 8.79. The van der Waals surface area contributed by atoms with E-state index in [1.54, 1.807) is 0 Å². The van der Waals surface area contributed by atoms with E-state index in [9.17, 15) is 5.11 Å². The quantitative estimate of drug-likeness (QED) is 0.559. The summed E-state index contributed by atoms with van der Waals surface area (Å²) in [6, 6.07) is 2.23. The van der Waals surface area contributed by atoms with Crippen LogP contribution in [-0.2, 0) is 0 Å². The first-order chi connectivity index (χ1) is 8.76. The van der Waals surface area contributed by atoms with E-state index >= 15 is 0 Å². The maximum atomic E-state index is 9.33. The van der Waals surface area contributed by atoms with Gasteiger partial charge in [-0.25, -0.2) is 9.97 Å². The number of anilines is 2. The Morgan fingerprint density at radius 3 is 2.83 bits per heavy atom. The number of nitrogens with one attached hydrogen (secondary N) is 2. The Labute approximate surface area is 112 Å². The SMILES string of the molecule is CNc1cc(NC2CCCC2CO)nc(SC)n1. The van der Waals surface area contributed by atoms with Gasteiger partial charge in [0.25, 0.3) is 0 Å². The first-order valence-electron chi connectivity index (χ1n) is 6.25. The van der Waals surface area contributed by atoms with Crippen molar-refractivity contribution in [2.45, 2.75) is 30.5 Å². The van der Waals surface area contributed by atoms with E-state index in [-0.39, 0.29) is 6.61 Å². The molecule has 0 spiro atoms. The third kappa shape index (κ3) is 3.05. The summed E-state index contributed by atoms with van der Waals surface area (Å²) in [7, 11) is 1.85. The van der Waals surface area contributed by atoms with E-state index in [0.717, 1.165) is 29.6 Å². The Kier molecular flexibility index (Phi) is 4.66. The first kappa shape index (κ1) is 13.4. The van der Waals surface area contributed by atoms with Crippen molar-refractivity contribution >= 4 is 23.4 Å². The highest BCUT2D eigenvalue weighted by Crippen LogP contribution is 2.28. The van der Waals surface area contributed by atoms with E-state index in [1.807, 2.05) is 19.4 Å². The first-order valence-corrected chi connectivity index (χ1v) is 7.47. The number of aliphatic hydroxyl groups is 1. The summed E-state index contributed by atoms with van der Waals surface area (Å²) in [5, 5.41) is 16.5. The van der Waals surface area contributed by atoms with Crippen LogP contribution in [-0.4, -0.2) is 41.0 Å². The van der Waals surface area contributed by atoms with Crippen LogP contribution in [0.1, 0.15) is 19.3 Å². The van der Waals surface area contributed by atoms with Crippen molar-refractivity contribution in [1.82, 2.24) is 9.97 Å². The molecule has 2 unspecified atom stereocenters. The molecule has 100 valence electrons. The van der Waals surface area contributed by atoms with Crippen molar-refractivity contribution in [2.75, 3.05) is 30.5 Å². The summed E-state index contributed by atoms with van der Waals surface area (Å²) >= 11 is 1.53. The van der Waals surface area contributed by atoms with Crippen molar-refractivity contribution in [3.8, 4) is 0 Å². The fourth-order valence-corrected chi connectivity index (χ4v) is 2.73. The number of nitrogens with zero attached hydrogens (tertiary/aromatic N) is 2. The maximum absolute atomic E-state index is 9.33. The van der Waals surface area contributed by atoms with Crippen molar-refractivity contribution < 1.29 is 5.11 Å². The van der Waals surface area contributed by atoms with Gasteiger partial charge < -0.3 is 15.7 Å². The third-order valence-electron chi connectivity index (χ3n) is 3.37. The molecule has 0 radical (unpaired) electrons. The van der Waals surface area contributed by atoms with E-state index in [2.05, 4.69) is 20.6 Å². The van der Waals surface area contributed by atoms with Gasteiger partial charge in [-0.15, -0.1) is 0 Å². The minimum absolute atomic E-state index is 0.247. The minimum atomic E-state index is 0.247. The monoisotopic (exact) mass is 268 g/mol. The summed E-state index contributed by atoms with van der Waals surface area (Å²) in [5.74, 6) is 2.00. The van der Waals surface area contributed by atoms with Gasteiger partial charge in [0.05, 0.1) is 0 Å². The summed E-state index contributed by atoms with van der Waals surface area (Å²) in [6.07, 6.45) is 5.32. The van der Waals surface area contributed by atoms with E-state index in [4.69, 9.17) is 0 Å². The fourth-order valence-electron chi connectivity index (χ4n) is 2.35. The smallest absolute Gasteiger partial charge is 0.191 e. The van der Waals surface area contributed by atoms with Gasteiger partial charge in [-0.1, -0.05) is 18.2 Å². The van der Waals surface area contributed by atoms with Crippen LogP contribution < -0.4 is 10.6 Å². The molecule has 3 N–H and O–H groups in total. The lowest BCUT2D eigenvalue weighted by atomic mass is 10.1. The van der Waals surface area contributed by atoms with Gasteiger partial charge >= 0.3 is 0 Å². The Balaban J connectivity index is 2.12. The van der Waals surface area contributed by atoms with Gasteiger partial charge in [0.2, 0.25) is 0 Å². The zero-order chi connectivity index (χ0) is 13.0. The number of aromatic nitrogens is 2. The molecule has 1 aromatic rings. The summed E-state index contributed by atoms with van der Waals surface area (Å²) in [6.45, 7) is 0.247. The highest BCUT2D eigenvalue weighted by molar-refractivity contribution is 7.98. The molecule has 5 nitrogen and oxygen atoms in total. The summed E-state index contributed by atoms with van der Waals surface area (Å²) < 4.78 is 0. The highest BCUT2D eigenvalue weighted by Gasteiger charge is 2.26. The molecule has 1 heterocycles. The molecule has 0 aromatic carbocycles. The average Bonchev–Trinajstić information content (AvgIpc) is 2.85. The maximum Gasteiger partial charge on any atom is 0.191 e. The van der Waals surface area contributed by atoms with Gasteiger partial charge in [-0.2, -0.15) is 0 Å². The van der Waals surface area contributed by atoms with Gasteiger partial charge in [0.15, 0.2) is 5.16 Å². The lowest BCUT2D eigenvalue weighted by Crippen LogP contribution is -2.27. The predicted molar refractivity (Wildman–Crippen MR) is 75.2 cm³/mol. The average molecular weight is 268 g/mol. The van der Waals surface area contributed by atoms with Crippen LogP contribution in [0.2, 0.25) is 0 Å². The number of rotatable bonds is 5. The summed E-state index contributed by atoms with van der Waals surface area (Å²) in [5.41, 5.74) is 0. The lowest BCUT2D eigenvalue weighted by molar-refractivity contribution is 0.222. The molecule has 0 bridgehead atoms. The Hall–Kier alpha value is -1.01. The Morgan fingerprint density at radius 1 is 1.39 bits per heavy atom. The number of hydrogen-bond acceptors (Lipinski definition) is 6. The van der Waals surface area contributed by atoms with Crippen molar-refractivity contribution in [1.29, 1.82) is 0 Å². The van der Waals surface area contributed by atoms with Crippen molar-refractivity contribution in [2.24, 2.45) is 5.92 Å². The molecule has 0 aliphatic heterocycles. The second-order valence-electron chi connectivity index (χ2n) is 4.50. The van der Waals surface area contributed by atoms with Gasteiger partial charge in [-0.3, -0.25) is 0 Å². The van der Waals surface area contributed by atoms with E-state index in [1.165, 1.54) is 18.2 Å². The molecule has 0 amide bonds. The molecule has 1 saturated carbocycles. The molecule has 0 saturated heterocycles. The minimum Gasteiger partial charge on any atom is -0.396 e. The van der Waals surface area contributed by atoms with Crippen LogP contribution in [0.5, 0.6) is 0 Å². The molecule has 1 aliphatic carbocycles. The van der Waals surface area contributed by atoms with Crippen molar-refractivity contribution in [3.05, 3.63) is 6.07 Å². The largest absolute Gasteiger partial charge is 0.396 e. The topological polar surface area (TPSA) is 70.1 Å². The zero-order valence-corrected chi connectivity index (χ0v) is 11.6. The third-order valence-corrected chi connectivity index (χ3v) is 3.92. The van der Waals surface area contributed by atoms with Crippen LogP contribution in [0.15, 0.2) is 11.2 Å². The van der Waals surface area contributed by atoms with E-state index < -0.39 is 0 Å². The second-order valence-corrected chi connectivity index (χ2v) is 5.27. The molecule has 1 aromatic heterocycles. The van der Waals surface area contributed by atoms with Crippen LogP contribution in [0, 0.1) is 5.92 Å². The number of aliphatic hydroxyl groups excluding tert-OH is 1. The fraction of sp³-hybridized carbons (Fsp3) is 0.667. The molecule has 1 fully saturated rings. The lowest BCUT2D eigenvalue weighted by Gasteiger charge is -2.20. The van der Waals surface area contributed by atoms with Gasteiger partial charge in [0, 0.05) is 31.7 Å². The molecule has 18 heavy (non-hydrogen) atoms. The molecular formula is C12H20N4OS. The van der Waals surface area contributed by atoms with Crippen LogP contribution in [0.4, 0.5) is 11.6 Å². The molecule has 2 rings (SSSR count). The number of hydrogen-bond donors (Lipinski definition) is 3. The highest BCUT2D eigenvalue weighted by atomic mass is 32.2. The zero-order valence-electron chi connectivity index (χ0n) is 10.8. The van der Waals surface area contributed by atoms with Crippen LogP contribution in [0.25, 0.3) is 0 Å². The Morgan fingerprint density at radius 2 is 2.17 bits per heavy atom. The molecule has 2 atom stereocenters. The normalized spacial score (nSPS) is 23.1. The van der Waals surface area contributed by atoms with Gasteiger partial charge in [0.1, 0.15) is 11.6 Å². The van der Waals surface area contributed by atoms with Crippen LogP contribution in [0.3, 0.4) is 0 Å². The predicted octanol–water partition coefficient (Wildman–Crippen LogP) is 1.81. The van der Waals surface area contributed by atoms with Crippen LogP contribution >= 0.6 is 11.8 Å². The molecule has 1 aliphatic rings. The van der Waals surface area contributed by atoms with Crippen molar-refractivity contribution in [3.63, 3.8) is 0 Å². The number of thioether (sulfide) groups is 1. The second kappa shape index (κ2) is 6.24.